The molecule has 0 bridgehead atoms. The number of nitrogens with zero attached hydrogens (tertiary/aromatic N) is 4. The number of para-hydroxylation sites is 1. The summed E-state index contributed by atoms with van der Waals surface area (Å²) in [5, 5.41) is 9.18. The maximum absolute atomic E-state index is 13.3. The zero-order valence-corrected chi connectivity index (χ0v) is 18.3. The number of carbonyl (C=O) groups is 2. The Hall–Kier alpha value is -3.28. The van der Waals surface area contributed by atoms with Gasteiger partial charge < -0.3 is 9.69 Å². The summed E-state index contributed by atoms with van der Waals surface area (Å²) in [7, 11) is 0. The Bertz CT molecular complexity index is 1110. The van der Waals surface area contributed by atoms with Crippen LogP contribution in [-0.4, -0.2) is 26.7 Å². The third-order valence-corrected chi connectivity index (χ3v) is 6.03. The van der Waals surface area contributed by atoms with E-state index in [0.29, 0.717) is 6.54 Å². The lowest BCUT2D eigenvalue weighted by Crippen LogP contribution is -2.32. The SMILES string of the molecule is CCC(CC)n1nnc2c1-c1ccccc1N(C(=O)CCC(C)=O)Cc1ccccc1-2. The molecule has 0 N–H and O–H groups in total. The van der Waals surface area contributed by atoms with Gasteiger partial charge in [-0.15, -0.1) is 5.10 Å². The molecule has 0 atom stereocenters. The van der Waals surface area contributed by atoms with Gasteiger partial charge in [-0.25, -0.2) is 4.68 Å². The van der Waals surface area contributed by atoms with Crippen molar-refractivity contribution in [2.45, 2.75) is 59.0 Å². The lowest BCUT2D eigenvalue weighted by atomic mass is 9.95. The van der Waals surface area contributed by atoms with Gasteiger partial charge in [0.1, 0.15) is 11.5 Å². The minimum Gasteiger partial charge on any atom is -0.307 e. The first-order valence-electron chi connectivity index (χ1n) is 11.0. The highest BCUT2D eigenvalue weighted by molar-refractivity contribution is 6.01. The number of hydrogen-bond donors (Lipinski definition) is 0. The van der Waals surface area contributed by atoms with Crippen LogP contribution in [0.3, 0.4) is 0 Å². The van der Waals surface area contributed by atoms with Crippen molar-refractivity contribution in [2.75, 3.05) is 4.90 Å². The summed E-state index contributed by atoms with van der Waals surface area (Å²) in [6.45, 7) is 6.27. The fourth-order valence-electron chi connectivity index (χ4n) is 4.31. The summed E-state index contributed by atoms with van der Waals surface area (Å²) < 4.78 is 2.02. The molecule has 3 aromatic rings. The number of carbonyl (C=O) groups excluding carboxylic acids is 2. The minimum absolute atomic E-state index is 0.0207. The molecule has 0 spiro atoms. The molecule has 1 amide bonds. The number of Topliss-reactive ketones (excluding diaryl/α,β-unsaturated/α-hetero) is 1. The smallest absolute Gasteiger partial charge is 0.227 e. The quantitative estimate of drug-likeness (QED) is 0.555. The molecule has 0 unspecified atom stereocenters. The van der Waals surface area contributed by atoms with E-state index in [4.69, 9.17) is 0 Å². The highest BCUT2D eigenvalue weighted by Crippen LogP contribution is 2.42. The van der Waals surface area contributed by atoms with E-state index in [0.717, 1.165) is 46.6 Å². The summed E-state index contributed by atoms with van der Waals surface area (Å²) in [5.41, 5.74) is 5.59. The van der Waals surface area contributed by atoms with Gasteiger partial charge in [0.15, 0.2) is 0 Å². The van der Waals surface area contributed by atoms with Crippen LogP contribution in [-0.2, 0) is 16.1 Å². The molecule has 1 aliphatic rings. The van der Waals surface area contributed by atoms with Crippen LogP contribution in [0.1, 0.15) is 58.1 Å². The molecule has 0 aliphatic carbocycles. The van der Waals surface area contributed by atoms with Crippen molar-refractivity contribution in [3.05, 3.63) is 54.1 Å². The van der Waals surface area contributed by atoms with Crippen molar-refractivity contribution >= 4 is 17.4 Å². The van der Waals surface area contributed by atoms with Gasteiger partial charge in [-0.1, -0.05) is 61.5 Å². The number of benzene rings is 2. The second kappa shape index (κ2) is 8.84. The summed E-state index contributed by atoms with van der Waals surface area (Å²) in [6, 6.07) is 16.2. The van der Waals surface area contributed by atoms with E-state index < -0.39 is 0 Å². The van der Waals surface area contributed by atoms with Crippen LogP contribution in [0, 0.1) is 0 Å². The zero-order chi connectivity index (χ0) is 22.0. The predicted molar refractivity (Wildman–Crippen MR) is 122 cm³/mol. The van der Waals surface area contributed by atoms with Gasteiger partial charge in [0, 0.05) is 24.0 Å². The van der Waals surface area contributed by atoms with Gasteiger partial charge in [-0.3, -0.25) is 4.79 Å². The van der Waals surface area contributed by atoms with Crippen molar-refractivity contribution in [1.29, 1.82) is 0 Å². The third-order valence-electron chi connectivity index (χ3n) is 6.03. The van der Waals surface area contributed by atoms with E-state index in [-0.39, 0.29) is 30.6 Å². The number of amides is 1. The van der Waals surface area contributed by atoms with E-state index in [2.05, 4.69) is 24.2 Å². The number of rotatable bonds is 6. The molecule has 4 rings (SSSR count). The van der Waals surface area contributed by atoms with Crippen molar-refractivity contribution < 1.29 is 9.59 Å². The van der Waals surface area contributed by atoms with Crippen molar-refractivity contribution in [3.63, 3.8) is 0 Å². The molecule has 0 radical (unpaired) electrons. The molecule has 0 saturated heterocycles. The van der Waals surface area contributed by atoms with E-state index >= 15 is 0 Å². The standard InChI is InChI=1S/C25H28N4O2/c1-4-19(5-2)29-25-21-12-8-9-13-22(21)28(23(31)15-14-17(3)30)16-18-10-6-7-11-20(18)24(25)26-27-29/h6-13,19H,4-5,14-16H2,1-3H3. The molecule has 2 aromatic carbocycles. The Balaban J connectivity index is 1.96. The Kier molecular flexibility index (Phi) is 5.98. The van der Waals surface area contributed by atoms with E-state index in [1.165, 1.54) is 6.92 Å². The number of hydrogen-bond acceptors (Lipinski definition) is 4. The van der Waals surface area contributed by atoms with Crippen LogP contribution < -0.4 is 4.90 Å². The van der Waals surface area contributed by atoms with E-state index in [1.807, 2.05) is 58.1 Å². The molecule has 1 aliphatic heterocycles. The Morgan fingerprint density at radius 3 is 2.35 bits per heavy atom. The molecule has 2 heterocycles. The molecule has 160 valence electrons. The summed E-state index contributed by atoms with van der Waals surface area (Å²) in [5.74, 6) is -0.0326. The van der Waals surface area contributed by atoms with Gasteiger partial charge in [-0.05, 0) is 31.4 Å². The molecule has 6 heteroatoms. The summed E-state index contributed by atoms with van der Waals surface area (Å²) in [6.07, 6.45) is 2.33. The molecular weight excluding hydrogens is 388 g/mol. The van der Waals surface area contributed by atoms with Gasteiger partial charge in [-0.2, -0.15) is 0 Å². The normalized spacial score (nSPS) is 12.6. The average Bonchev–Trinajstić information content (AvgIpc) is 3.20. The Morgan fingerprint density at radius 2 is 1.65 bits per heavy atom. The van der Waals surface area contributed by atoms with Crippen LogP contribution in [0.5, 0.6) is 0 Å². The number of aromatic nitrogens is 3. The fraction of sp³-hybridized carbons (Fsp3) is 0.360. The van der Waals surface area contributed by atoms with Crippen molar-refractivity contribution in [1.82, 2.24) is 15.0 Å². The fourth-order valence-corrected chi connectivity index (χ4v) is 4.31. The Labute approximate surface area is 182 Å². The summed E-state index contributed by atoms with van der Waals surface area (Å²) in [4.78, 5) is 26.6. The maximum atomic E-state index is 13.3. The van der Waals surface area contributed by atoms with Gasteiger partial charge in [0.25, 0.3) is 0 Å². The van der Waals surface area contributed by atoms with Crippen LogP contribution in [0.2, 0.25) is 0 Å². The van der Waals surface area contributed by atoms with Crippen LogP contribution in [0.15, 0.2) is 48.5 Å². The number of ketones is 1. The molecule has 0 fully saturated rings. The average molecular weight is 417 g/mol. The lowest BCUT2D eigenvalue weighted by molar-refractivity contribution is -0.123. The molecule has 1 aromatic heterocycles. The zero-order valence-electron chi connectivity index (χ0n) is 18.3. The third kappa shape index (κ3) is 3.90. The van der Waals surface area contributed by atoms with Gasteiger partial charge in [0.2, 0.25) is 5.91 Å². The molecule has 6 nitrogen and oxygen atoms in total. The van der Waals surface area contributed by atoms with Gasteiger partial charge >= 0.3 is 0 Å². The number of anilines is 1. The topological polar surface area (TPSA) is 68.1 Å². The highest BCUT2D eigenvalue weighted by Gasteiger charge is 2.30. The van der Waals surface area contributed by atoms with Crippen LogP contribution in [0.25, 0.3) is 22.5 Å². The first-order valence-corrected chi connectivity index (χ1v) is 11.0. The van der Waals surface area contributed by atoms with Crippen molar-refractivity contribution in [3.8, 4) is 22.5 Å². The summed E-state index contributed by atoms with van der Waals surface area (Å²) >= 11 is 0. The van der Waals surface area contributed by atoms with E-state index in [9.17, 15) is 9.59 Å². The molecule has 0 saturated carbocycles. The molecular formula is C25H28N4O2. The lowest BCUT2D eigenvalue weighted by Gasteiger charge is -2.29. The first-order chi connectivity index (χ1) is 15.0. The van der Waals surface area contributed by atoms with Gasteiger partial charge in [0.05, 0.1) is 24.0 Å². The highest BCUT2D eigenvalue weighted by atomic mass is 16.2. The monoisotopic (exact) mass is 416 g/mol. The number of fused-ring (bicyclic) bond motifs is 5. The largest absolute Gasteiger partial charge is 0.307 e. The van der Waals surface area contributed by atoms with Crippen LogP contribution in [0.4, 0.5) is 5.69 Å². The van der Waals surface area contributed by atoms with Crippen molar-refractivity contribution in [2.24, 2.45) is 0 Å². The predicted octanol–water partition coefficient (Wildman–Crippen LogP) is 5.19. The first kappa shape index (κ1) is 21.0. The molecule has 31 heavy (non-hydrogen) atoms. The minimum atomic E-state index is -0.0533. The Morgan fingerprint density at radius 1 is 0.968 bits per heavy atom. The second-order valence-corrected chi connectivity index (χ2v) is 8.06. The van der Waals surface area contributed by atoms with Crippen LogP contribution >= 0.6 is 0 Å². The second-order valence-electron chi connectivity index (χ2n) is 8.06. The maximum Gasteiger partial charge on any atom is 0.227 e. The van der Waals surface area contributed by atoms with E-state index in [1.54, 1.807) is 0 Å².